The first-order valence-corrected chi connectivity index (χ1v) is 6.92. The molecule has 1 saturated carbocycles. The van der Waals surface area contributed by atoms with E-state index in [4.69, 9.17) is 0 Å². The maximum Gasteiger partial charge on any atom is 0.222 e. The van der Waals surface area contributed by atoms with Crippen molar-refractivity contribution in [3.63, 3.8) is 0 Å². The van der Waals surface area contributed by atoms with Crippen LogP contribution in [0, 0.1) is 11.8 Å². The third kappa shape index (κ3) is 1.29. The standard InChI is InChI=1S/C10H15Br2NO/c1-6-3-8-10(12,5-11)7(6)4-9(14)13(8)2/h6-8H,3-5H2,1-2H3/t6-,7?,8?,10?/m1/s1. The molecule has 2 bridgehead atoms. The lowest BCUT2D eigenvalue weighted by Gasteiger charge is -2.43. The number of hydrogen-bond acceptors (Lipinski definition) is 1. The normalized spacial score (nSPS) is 47.3. The van der Waals surface area contributed by atoms with Gasteiger partial charge in [-0.1, -0.05) is 38.8 Å². The Kier molecular flexibility index (Phi) is 2.71. The minimum Gasteiger partial charge on any atom is -0.341 e. The van der Waals surface area contributed by atoms with Crippen molar-refractivity contribution in [2.45, 2.75) is 30.1 Å². The fourth-order valence-corrected chi connectivity index (χ4v) is 4.87. The molecule has 80 valence electrons. The SMILES string of the molecule is C[C@@H]1CC2N(C)C(=O)CC1C2(Br)CBr. The number of alkyl halides is 2. The van der Waals surface area contributed by atoms with Crippen LogP contribution in [-0.2, 0) is 4.79 Å². The van der Waals surface area contributed by atoms with Gasteiger partial charge in [-0.15, -0.1) is 0 Å². The Balaban J connectivity index is 2.36. The number of carbonyl (C=O) groups excluding carboxylic acids is 1. The van der Waals surface area contributed by atoms with E-state index < -0.39 is 0 Å². The molecule has 2 nitrogen and oxygen atoms in total. The third-order valence-corrected chi connectivity index (χ3v) is 6.99. The highest BCUT2D eigenvalue weighted by Gasteiger charge is 2.57. The summed E-state index contributed by atoms with van der Waals surface area (Å²) in [5.74, 6) is 1.45. The molecular formula is C10H15Br2NO. The molecule has 14 heavy (non-hydrogen) atoms. The van der Waals surface area contributed by atoms with Gasteiger partial charge in [0.15, 0.2) is 0 Å². The number of rotatable bonds is 1. The zero-order valence-electron chi connectivity index (χ0n) is 8.46. The van der Waals surface area contributed by atoms with Gasteiger partial charge >= 0.3 is 0 Å². The Bertz CT molecular complexity index is 271. The van der Waals surface area contributed by atoms with Crippen LogP contribution in [0.25, 0.3) is 0 Å². The molecule has 1 amide bonds. The van der Waals surface area contributed by atoms with Gasteiger partial charge in [-0.2, -0.15) is 0 Å². The molecule has 1 aliphatic heterocycles. The molecule has 0 radical (unpaired) electrons. The van der Waals surface area contributed by atoms with E-state index in [2.05, 4.69) is 38.8 Å². The van der Waals surface area contributed by atoms with Crippen molar-refractivity contribution in [1.82, 2.24) is 4.90 Å². The average molecular weight is 325 g/mol. The van der Waals surface area contributed by atoms with Gasteiger partial charge in [-0.3, -0.25) is 4.79 Å². The van der Waals surface area contributed by atoms with Crippen molar-refractivity contribution >= 4 is 37.8 Å². The van der Waals surface area contributed by atoms with Gasteiger partial charge in [0.1, 0.15) is 0 Å². The van der Waals surface area contributed by atoms with E-state index in [0.717, 1.165) is 11.8 Å². The first kappa shape index (κ1) is 10.9. The maximum atomic E-state index is 11.7. The number of likely N-dealkylation sites (tertiary alicyclic amines) is 1. The number of fused-ring (bicyclic) bond motifs is 2. The number of amides is 1. The monoisotopic (exact) mass is 323 g/mol. The summed E-state index contributed by atoms with van der Waals surface area (Å²) >= 11 is 7.43. The summed E-state index contributed by atoms with van der Waals surface area (Å²) in [6.07, 6.45) is 1.83. The van der Waals surface area contributed by atoms with Crippen LogP contribution in [0.2, 0.25) is 0 Å². The van der Waals surface area contributed by atoms with Gasteiger partial charge in [-0.25, -0.2) is 0 Å². The van der Waals surface area contributed by atoms with Crippen molar-refractivity contribution < 1.29 is 4.79 Å². The van der Waals surface area contributed by atoms with Crippen LogP contribution >= 0.6 is 31.9 Å². The van der Waals surface area contributed by atoms with Crippen molar-refractivity contribution in [1.29, 1.82) is 0 Å². The minimum absolute atomic E-state index is 0.106. The Morgan fingerprint density at radius 3 is 2.86 bits per heavy atom. The van der Waals surface area contributed by atoms with Crippen molar-refractivity contribution in [3.05, 3.63) is 0 Å². The maximum absolute atomic E-state index is 11.7. The zero-order valence-corrected chi connectivity index (χ0v) is 11.6. The zero-order chi connectivity index (χ0) is 10.5. The lowest BCUT2D eigenvalue weighted by molar-refractivity contribution is -0.135. The van der Waals surface area contributed by atoms with Gasteiger partial charge in [0.05, 0.1) is 4.32 Å². The van der Waals surface area contributed by atoms with Crippen LogP contribution in [0.15, 0.2) is 0 Å². The molecule has 0 aromatic carbocycles. The van der Waals surface area contributed by atoms with Gasteiger partial charge in [0.25, 0.3) is 0 Å². The van der Waals surface area contributed by atoms with Crippen molar-refractivity contribution in [2.75, 3.05) is 12.4 Å². The number of hydrogen-bond donors (Lipinski definition) is 0. The van der Waals surface area contributed by atoms with E-state index in [0.29, 0.717) is 30.2 Å². The molecule has 0 aromatic heterocycles. The number of piperidine rings is 1. The average Bonchev–Trinajstić information content (AvgIpc) is 2.33. The highest BCUT2D eigenvalue weighted by Crippen LogP contribution is 2.53. The Morgan fingerprint density at radius 2 is 2.29 bits per heavy atom. The van der Waals surface area contributed by atoms with E-state index in [1.807, 2.05) is 11.9 Å². The van der Waals surface area contributed by atoms with Gasteiger partial charge < -0.3 is 4.90 Å². The van der Waals surface area contributed by atoms with E-state index in [-0.39, 0.29) is 4.32 Å². The van der Waals surface area contributed by atoms with Crippen LogP contribution in [0.1, 0.15) is 19.8 Å². The van der Waals surface area contributed by atoms with Crippen LogP contribution < -0.4 is 0 Å². The van der Waals surface area contributed by atoms with E-state index in [1.54, 1.807) is 0 Å². The van der Waals surface area contributed by atoms with E-state index in [9.17, 15) is 4.79 Å². The molecule has 3 unspecified atom stereocenters. The molecule has 1 heterocycles. The second-order valence-corrected chi connectivity index (χ2v) is 6.64. The third-order valence-electron chi connectivity index (χ3n) is 3.91. The summed E-state index contributed by atoms with van der Waals surface area (Å²) in [7, 11) is 1.93. The molecule has 4 atom stereocenters. The van der Waals surface area contributed by atoms with Crippen LogP contribution in [0.5, 0.6) is 0 Å². The lowest BCUT2D eigenvalue weighted by Crippen LogP contribution is -2.55. The molecule has 2 rings (SSSR count). The summed E-state index contributed by atoms with van der Waals surface area (Å²) in [4.78, 5) is 13.6. The Labute approximate surface area is 102 Å². The predicted octanol–water partition coefficient (Wildman–Crippen LogP) is 2.40. The lowest BCUT2D eigenvalue weighted by atomic mass is 9.84. The largest absolute Gasteiger partial charge is 0.341 e. The molecule has 2 aliphatic rings. The minimum atomic E-state index is 0.106. The highest BCUT2D eigenvalue weighted by molar-refractivity contribution is 9.12. The Morgan fingerprint density at radius 1 is 1.64 bits per heavy atom. The van der Waals surface area contributed by atoms with Crippen molar-refractivity contribution in [3.8, 4) is 0 Å². The van der Waals surface area contributed by atoms with Gasteiger partial charge in [-0.05, 0) is 18.3 Å². The molecule has 0 spiro atoms. The van der Waals surface area contributed by atoms with Crippen LogP contribution in [0.4, 0.5) is 0 Å². The summed E-state index contributed by atoms with van der Waals surface area (Å²) in [6.45, 7) is 2.26. The molecule has 1 saturated heterocycles. The first-order valence-electron chi connectivity index (χ1n) is 5.01. The molecule has 4 heteroatoms. The molecule has 1 aliphatic carbocycles. The number of nitrogens with zero attached hydrogens (tertiary/aromatic N) is 1. The topological polar surface area (TPSA) is 20.3 Å². The summed E-state index contributed by atoms with van der Waals surface area (Å²) < 4.78 is 0.106. The second-order valence-electron chi connectivity index (χ2n) is 4.60. The summed E-state index contributed by atoms with van der Waals surface area (Å²) in [6, 6.07) is 0.364. The summed E-state index contributed by atoms with van der Waals surface area (Å²) in [5.41, 5.74) is 0. The van der Waals surface area contributed by atoms with Crippen LogP contribution in [0.3, 0.4) is 0 Å². The molecular weight excluding hydrogens is 310 g/mol. The van der Waals surface area contributed by atoms with Gasteiger partial charge in [0.2, 0.25) is 5.91 Å². The fourth-order valence-electron chi connectivity index (χ4n) is 2.98. The second kappa shape index (κ2) is 3.48. The Hall–Kier alpha value is 0.430. The first-order chi connectivity index (χ1) is 6.50. The molecule has 0 N–H and O–H groups in total. The van der Waals surface area contributed by atoms with Gasteiger partial charge in [0, 0.05) is 24.8 Å². The number of carbonyl (C=O) groups is 1. The molecule has 2 fully saturated rings. The fraction of sp³-hybridized carbons (Fsp3) is 0.900. The quantitative estimate of drug-likeness (QED) is 0.678. The van der Waals surface area contributed by atoms with Crippen LogP contribution in [-0.4, -0.2) is 33.6 Å². The smallest absolute Gasteiger partial charge is 0.222 e. The number of halogens is 2. The van der Waals surface area contributed by atoms with Crippen molar-refractivity contribution in [2.24, 2.45) is 11.8 Å². The predicted molar refractivity (Wildman–Crippen MR) is 63.9 cm³/mol. The highest BCUT2D eigenvalue weighted by atomic mass is 79.9. The van der Waals surface area contributed by atoms with E-state index in [1.165, 1.54) is 0 Å². The van der Waals surface area contributed by atoms with E-state index >= 15 is 0 Å². The molecule has 0 aromatic rings. The summed E-state index contributed by atoms with van der Waals surface area (Å²) in [5, 5.41) is 0.928.